The molecule has 6 rings (SSSR count). The third-order valence-corrected chi connectivity index (χ3v) is 7.93. The molecule has 3 heterocycles. The number of hydrogen-bond acceptors (Lipinski definition) is 7. The Morgan fingerprint density at radius 3 is 2.33 bits per heavy atom. The lowest BCUT2D eigenvalue weighted by Crippen LogP contribution is -2.51. The maximum Gasteiger partial charge on any atom is 0.230 e. The van der Waals surface area contributed by atoms with Gasteiger partial charge in [-0.3, -0.25) is 4.79 Å². The highest BCUT2D eigenvalue weighted by atomic mass is 19.1. The average molecular weight is 589 g/mol. The van der Waals surface area contributed by atoms with Crippen molar-refractivity contribution in [2.45, 2.75) is 57.9 Å². The number of carbonyl (C=O) groups is 1. The van der Waals surface area contributed by atoms with Crippen LogP contribution in [-0.4, -0.2) is 45.1 Å². The quantitative estimate of drug-likeness (QED) is 0.234. The van der Waals surface area contributed by atoms with Gasteiger partial charge in [0.2, 0.25) is 18.1 Å². The number of nitrogens with zero attached hydrogens (tertiary/aromatic N) is 3. The molecule has 43 heavy (non-hydrogen) atoms. The number of carbonyl (C=O) groups excluding carboxylic acids is 1. The van der Waals surface area contributed by atoms with E-state index in [0.29, 0.717) is 41.0 Å². The van der Waals surface area contributed by atoms with Crippen LogP contribution in [0.2, 0.25) is 0 Å². The molecule has 0 unspecified atom stereocenters. The lowest BCUT2D eigenvalue weighted by atomic mass is 9.89. The lowest BCUT2D eigenvalue weighted by Gasteiger charge is -2.37. The molecule has 3 N–H and O–H groups in total. The molecule has 2 aromatic heterocycles. The van der Waals surface area contributed by atoms with E-state index in [1.807, 2.05) is 6.92 Å². The first-order valence-corrected chi connectivity index (χ1v) is 14.6. The summed E-state index contributed by atoms with van der Waals surface area (Å²) in [4.78, 5) is 30.2. The minimum atomic E-state index is -0.832. The first kappa shape index (κ1) is 28.9. The molecule has 2 aliphatic rings. The molecule has 11 heteroatoms. The minimum absolute atomic E-state index is 0.0633. The van der Waals surface area contributed by atoms with E-state index in [4.69, 9.17) is 14.5 Å². The molecule has 1 aliphatic carbocycles. The summed E-state index contributed by atoms with van der Waals surface area (Å²) in [5, 5.41) is 6.34. The zero-order chi connectivity index (χ0) is 29.8. The Kier molecular flexibility index (Phi) is 8.44. The van der Waals surface area contributed by atoms with Crippen molar-refractivity contribution < 1.29 is 23.0 Å². The summed E-state index contributed by atoms with van der Waals surface area (Å²) in [6.45, 7) is 2.59. The van der Waals surface area contributed by atoms with Gasteiger partial charge in [0.15, 0.2) is 5.82 Å². The van der Waals surface area contributed by atoms with E-state index < -0.39 is 11.7 Å². The highest BCUT2D eigenvalue weighted by molar-refractivity contribution is 5.83. The van der Waals surface area contributed by atoms with Crippen LogP contribution in [0.3, 0.4) is 0 Å². The number of H-pyrrole nitrogens is 1. The number of hydrogen-bond donors (Lipinski definition) is 3. The number of imidazole rings is 1. The van der Waals surface area contributed by atoms with Crippen molar-refractivity contribution in [2.24, 2.45) is 5.41 Å². The molecule has 0 radical (unpaired) electrons. The van der Waals surface area contributed by atoms with E-state index in [9.17, 15) is 13.6 Å². The summed E-state index contributed by atoms with van der Waals surface area (Å²) in [5.41, 5.74) is 2.38. The molecule has 1 saturated carbocycles. The number of benzene rings is 2. The van der Waals surface area contributed by atoms with Gasteiger partial charge in [0.1, 0.15) is 11.6 Å². The fraction of sp³-hybridized carbons (Fsp3) is 0.375. The van der Waals surface area contributed by atoms with Crippen LogP contribution in [0.15, 0.2) is 60.8 Å². The fourth-order valence-electron chi connectivity index (χ4n) is 5.38. The normalized spacial score (nSPS) is 21.0. The molecule has 1 aliphatic heterocycles. The van der Waals surface area contributed by atoms with Crippen LogP contribution in [0.1, 0.15) is 56.7 Å². The number of anilines is 1. The summed E-state index contributed by atoms with van der Waals surface area (Å²) in [5.74, 6) is 0.0480. The Balaban J connectivity index is 1.21. The number of aromatic nitrogens is 4. The molecule has 1 amide bonds. The van der Waals surface area contributed by atoms with Crippen LogP contribution < -0.4 is 10.6 Å². The Labute approximate surface area is 248 Å². The number of ether oxygens (including phenoxy) is 2. The second kappa shape index (κ2) is 12.6. The Hall–Kier alpha value is -4.22. The largest absolute Gasteiger partial charge is 0.353 e. The van der Waals surface area contributed by atoms with Gasteiger partial charge in [-0.15, -0.1) is 0 Å². The Morgan fingerprint density at radius 2 is 1.63 bits per heavy atom. The van der Waals surface area contributed by atoms with E-state index in [1.165, 1.54) is 30.7 Å². The first-order valence-electron chi connectivity index (χ1n) is 14.6. The van der Waals surface area contributed by atoms with Gasteiger partial charge in [-0.25, -0.2) is 23.7 Å². The van der Waals surface area contributed by atoms with Gasteiger partial charge in [0, 0.05) is 24.3 Å². The van der Waals surface area contributed by atoms with Crippen LogP contribution in [0.4, 0.5) is 14.7 Å². The fourth-order valence-corrected chi connectivity index (χ4v) is 5.38. The molecule has 224 valence electrons. The molecule has 0 spiro atoms. The first-order chi connectivity index (χ1) is 20.9. The molecule has 0 bridgehead atoms. The highest BCUT2D eigenvalue weighted by Crippen LogP contribution is 2.36. The van der Waals surface area contributed by atoms with Gasteiger partial charge in [-0.1, -0.05) is 31.4 Å². The van der Waals surface area contributed by atoms with Crippen molar-refractivity contribution >= 4 is 11.9 Å². The summed E-state index contributed by atoms with van der Waals surface area (Å²) < 4.78 is 39.2. The highest BCUT2D eigenvalue weighted by Gasteiger charge is 2.41. The number of halogens is 2. The smallest absolute Gasteiger partial charge is 0.230 e. The van der Waals surface area contributed by atoms with Crippen LogP contribution >= 0.6 is 0 Å². The molecule has 4 aromatic rings. The van der Waals surface area contributed by atoms with Crippen LogP contribution in [0.5, 0.6) is 0 Å². The average Bonchev–Trinajstić information content (AvgIpc) is 3.48. The number of aromatic amines is 1. The van der Waals surface area contributed by atoms with Crippen molar-refractivity contribution in [3.63, 3.8) is 0 Å². The maximum atomic E-state index is 13.8. The van der Waals surface area contributed by atoms with E-state index >= 15 is 0 Å². The Morgan fingerprint density at radius 1 is 0.953 bits per heavy atom. The van der Waals surface area contributed by atoms with Crippen molar-refractivity contribution in [2.75, 3.05) is 18.5 Å². The molecule has 1 saturated heterocycles. The van der Waals surface area contributed by atoms with Crippen molar-refractivity contribution in [3.05, 3.63) is 83.8 Å². The number of rotatable bonds is 8. The van der Waals surface area contributed by atoms with Crippen LogP contribution in [0, 0.1) is 17.0 Å². The monoisotopic (exact) mass is 588 g/mol. The van der Waals surface area contributed by atoms with Gasteiger partial charge < -0.3 is 25.1 Å². The SMILES string of the molecule is CC1(C(=O)NC2CCCCC2)COC(c2nc(-c3ccc(F)cc3)c(-c3ccnc(NCc4ccc(F)cc4)n3)[nH]2)OC1. The summed E-state index contributed by atoms with van der Waals surface area (Å²) in [6, 6.07) is 14.1. The van der Waals surface area contributed by atoms with Gasteiger partial charge in [-0.2, -0.15) is 0 Å². The molecular formula is C32H34F2N6O3. The third kappa shape index (κ3) is 6.73. The van der Waals surface area contributed by atoms with E-state index in [-0.39, 0.29) is 36.8 Å². The summed E-state index contributed by atoms with van der Waals surface area (Å²) in [6.07, 6.45) is 6.26. The van der Waals surface area contributed by atoms with E-state index in [1.54, 1.807) is 36.5 Å². The topological polar surface area (TPSA) is 114 Å². The zero-order valence-electron chi connectivity index (χ0n) is 23.9. The van der Waals surface area contributed by atoms with Gasteiger partial charge in [0.25, 0.3) is 0 Å². The van der Waals surface area contributed by atoms with E-state index in [2.05, 4.69) is 25.6 Å². The van der Waals surface area contributed by atoms with Crippen molar-refractivity contribution in [3.8, 4) is 22.6 Å². The van der Waals surface area contributed by atoms with Crippen molar-refractivity contribution in [1.29, 1.82) is 0 Å². The van der Waals surface area contributed by atoms with Crippen LogP contribution in [-0.2, 0) is 20.8 Å². The molecule has 2 fully saturated rings. The minimum Gasteiger partial charge on any atom is -0.353 e. The maximum absolute atomic E-state index is 13.8. The predicted octanol–water partition coefficient (Wildman–Crippen LogP) is 5.92. The number of amides is 1. The zero-order valence-corrected chi connectivity index (χ0v) is 23.9. The molecule has 0 atom stereocenters. The summed E-state index contributed by atoms with van der Waals surface area (Å²) >= 11 is 0. The standard InChI is InChI=1S/C32H34F2N6O3/c1-32(30(41)37-24-5-3-2-4-6-24)18-42-29(43-19-32)28-39-26(21-9-13-23(34)14-10-21)27(40-28)25-15-16-35-31(38-25)36-17-20-7-11-22(33)12-8-20/h7-16,24,29H,2-6,17-19H2,1H3,(H,37,41)(H,39,40)(H,35,36,38). The van der Waals surface area contributed by atoms with Gasteiger partial charge >= 0.3 is 0 Å². The second-order valence-corrected chi connectivity index (χ2v) is 11.4. The van der Waals surface area contributed by atoms with Gasteiger partial charge in [-0.05, 0) is 67.8 Å². The third-order valence-electron chi connectivity index (χ3n) is 7.93. The Bertz CT molecular complexity index is 1550. The van der Waals surface area contributed by atoms with Crippen LogP contribution in [0.25, 0.3) is 22.6 Å². The number of nitrogens with one attached hydrogen (secondary N) is 3. The van der Waals surface area contributed by atoms with Gasteiger partial charge in [0.05, 0.1) is 35.7 Å². The molecular weight excluding hydrogens is 554 g/mol. The van der Waals surface area contributed by atoms with E-state index in [0.717, 1.165) is 31.2 Å². The summed E-state index contributed by atoms with van der Waals surface area (Å²) in [7, 11) is 0. The lowest BCUT2D eigenvalue weighted by molar-refractivity contribution is -0.231. The second-order valence-electron chi connectivity index (χ2n) is 11.4. The molecule has 9 nitrogen and oxygen atoms in total. The predicted molar refractivity (Wildman–Crippen MR) is 157 cm³/mol. The molecule has 2 aromatic carbocycles. The van der Waals surface area contributed by atoms with Crippen molar-refractivity contribution in [1.82, 2.24) is 25.3 Å².